The molecule has 3 aromatic rings. The van der Waals surface area contributed by atoms with Crippen LogP contribution in [-0.2, 0) is 6.18 Å². The lowest BCUT2D eigenvalue weighted by Crippen LogP contribution is -2.48. The summed E-state index contributed by atoms with van der Waals surface area (Å²) in [4.78, 5) is 25.8. The zero-order valence-electron chi connectivity index (χ0n) is 20.7. The van der Waals surface area contributed by atoms with Crippen molar-refractivity contribution in [1.29, 1.82) is 0 Å². The normalized spacial score (nSPS) is 18.0. The van der Waals surface area contributed by atoms with E-state index in [1.807, 2.05) is 4.90 Å². The van der Waals surface area contributed by atoms with Crippen LogP contribution >= 0.6 is 11.6 Å². The molecule has 1 aromatic carbocycles. The Balaban J connectivity index is 1.45. The second-order valence-corrected chi connectivity index (χ2v) is 10.2. The van der Waals surface area contributed by atoms with Gasteiger partial charge in [0.2, 0.25) is 0 Å². The number of ether oxygens (including phenoxy) is 1. The molecule has 2 aliphatic heterocycles. The summed E-state index contributed by atoms with van der Waals surface area (Å²) < 4.78 is 45.5. The lowest BCUT2D eigenvalue weighted by Gasteiger charge is -2.36. The Labute approximate surface area is 226 Å². The maximum absolute atomic E-state index is 13.5. The molecular weight excluding hydrogens is 539 g/mol. The number of urea groups is 1. The molecule has 1 saturated heterocycles. The number of anilines is 3. The SMILES string of the molecule is C[C@](O)(CO)COc1ccnc(NC(=O)N2c3nc(-c4cccc(C(F)(F)F)c4)c(Cl)cc3N3CCC2C3)c1. The fraction of sp³-hybridized carbons (Fsp3) is 0.346. The van der Waals surface area contributed by atoms with Gasteiger partial charge in [-0.1, -0.05) is 23.7 Å². The lowest BCUT2D eigenvalue weighted by molar-refractivity contribution is -0.137. The van der Waals surface area contributed by atoms with Crippen molar-refractivity contribution in [2.24, 2.45) is 0 Å². The molecule has 2 aromatic heterocycles. The molecule has 0 aliphatic carbocycles. The average Bonchev–Trinajstić information content (AvgIpc) is 3.32. The first-order valence-corrected chi connectivity index (χ1v) is 12.5. The van der Waals surface area contributed by atoms with Gasteiger partial charge in [-0.15, -0.1) is 0 Å². The fourth-order valence-corrected chi connectivity index (χ4v) is 4.81. The number of hydrogen-bond acceptors (Lipinski definition) is 7. The molecule has 9 nitrogen and oxygen atoms in total. The van der Waals surface area contributed by atoms with E-state index in [2.05, 4.69) is 15.3 Å². The van der Waals surface area contributed by atoms with Crippen LogP contribution in [0.25, 0.3) is 11.3 Å². The zero-order valence-corrected chi connectivity index (χ0v) is 21.5. The van der Waals surface area contributed by atoms with E-state index in [4.69, 9.17) is 16.3 Å². The number of aliphatic hydroxyl groups is 2. The summed E-state index contributed by atoms with van der Waals surface area (Å²) in [6, 6.07) is 8.61. The smallest absolute Gasteiger partial charge is 0.416 e. The molecule has 3 N–H and O–H groups in total. The molecule has 0 radical (unpaired) electrons. The van der Waals surface area contributed by atoms with Crippen molar-refractivity contribution in [3.8, 4) is 17.0 Å². The Morgan fingerprint density at radius 3 is 2.79 bits per heavy atom. The standard InChI is InChI=1S/C26H25ClF3N5O4/c1-25(38,13-36)14-39-18-5-7-31-21(10-18)32-24(37)35-17-6-8-34(12-17)20-11-19(27)22(33-23(20)35)15-3-2-4-16(9-15)26(28,29)30/h2-5,7,9-11,17,36,38H,6,8,12-14H2,1H3,(H,31,32,37)/t17?,25-/m0/s1. The molecular formula is C26H25ClF3N5O4. The number of carbonyl (C=O) groups is 1. The number of nitrogens with zero attached hydrogens (tertiary/aromatic N) is 4. The third kappa shape index (κ3) is 5.58. The van der Waals surface area contributed by atoms with Gasteiger partial charge in [-0.05, 0) is 37.6 Å². The molecule has 0 spiro atoms. The van der Waals surface area contributed by atoms with Gasteiger partial charge in [-0.2, -0.15) is 13.2 Å². The van der Waals surface area contributed by atoms with Gasteiger partial charge < -0.3 is 19.8 Å². The van der Waals surface area contributed by atoms with E-state index in [1.165, 1.54) is 36.2 Å². The van der Waals surface area contributed by atoms with Crippen molar-refractivity contribution in [2.45, 2.75) is 31.2 Å². The van der Waals surface area contributed by atoms with Crippen LogP contribution in [0.15, 0.2) is 48.7 Å². The summed E-state index contributed by atoms with van der Waals surface area (Å²) in [5.41, 5.74) is -1.36. The van der Waals surface area contributed by atoms with E-state index in [0.717, 1.165) is 12.1 Å². The van der Waals surface area contributed by atoms with E-state index in [1.54, 1.807) is 12.1 Å². The van der Waals surface area contributed by atoms with Gasteiger partial charge in [0, 0.05) is 30.9 Å². The number of hydrogen-bond donors (Lipinski definition) is 3. The summed E-state index contributed by atoms with van der Waals surface area (Å²) in [6.07, 6.45) is -2.45. The van der Waals surface area contributed by atoms with Crippen molar-refractivity contribution in [3.05, 3.63) is 59.2 Å². The quantitative estimate of drug-likeness (QED) is 0.403. The first-order chi connectivity index (χ1) is 18.4. The van der Waals surface area contributed by atoms with Gasteiger partial charge in [0.1, 0.15) is 23.8 Å². The monoisotopic (exact) mass is 563 g/mol. The van der Waals surface area contributed by atoms with Crippen molar-refractivity contribution in [3.63, 3.8) is 0 Å². The molecule has 0 saturated carbocycles. The predicted molar refractivity (Wildman–Crippen MR) is 139 cm³/mol. The number of rotatable bonds is 6. The first kappa shape index (κ1) is 27.0. The maximum Gasteiger partial charge on any atom is 0.416 e. The average molecular weight is 564 g/mol. The van der Waals surface area contributed by atoms with Gasteiger partial charge in [0.15, 0.2) is 5.82 Å². The summed E-state index contributed by atoms with van der Waals surface area (Å²) in [5, 5.41) is 22.1. The minimum atomic E-state index is -4.54. The van der Waals surface area contributed by atoms with Crippen LogP contribution in [0.2, 0.25) is 5.02 Å². The van der Waals surface area contributed by atoms with Crippen LogP contribution in [0.1, 0.15) is 18.9 Å². The number of pyridine rings is 2. The molecule has 206 valence electrons. The first-order valence-electron chi connectivity index (χ1n) is 12.1. The van der Waals surface area contributed by atoms with Crippen LogP contribution in [-0.4, -0.2) is 64.2 Å². The molecule has 5 rings (SSSR count). The van der Waals surface area contributed by atoms with E-state index < -0.39 is 30.0 Å². The van der Waals surface area contributed by atoms with Gasteiger partial charge in [0.25, 0.3) is 0 Å². The van der Waals surface area contributed by atoms with Crippen LogP contribution in [0.5, 0.6) is 5.75 Å². The minimum Gasteiger partial charge on any atom is -0.490 e. The van der Waals surface area contributed by atoms with Crippen molar-refractivity contribution >= 4 is 35.0 Å². The molecule has 13 heteroatoms. The highest BCUT2D eigenvalue weighted by Crippen LogP contribution is 2.43. The van der Waals surface area contributed by atoms with Gasteiger partial charge in [-0.3, -0.25) is 10.2 Å². The number of fused-ring (bicyclic) bond motifs is 4. The zero-order chi connectivity index (χ0) is 27.9. The fourth-order valence-electron chi connectivity index (χ4n) is 4.55. The van der Waals surface area contributed by atoms with Gasteiger partial charge in [0.05, 0.1) is 34.6 Å². The summed E-state index contributed by atoms with van der Waals surface area (Å²) in [7, 11) is 0. The number of halogens is 4. The number of aromatic nitrogens is 2. The molecule has 39 heavy (non-hydrogen) atoms. The van der Waals surface area contributed by atoms with Gasteiger partial charge >= 0.3 is 12.2 Å². The van der Waals surface area contributed by atoms with E-state index in [-0.39, 0.29) is 40.6 Å². The Kier molecular flexibility index (Phi) is 7.04. The van der Waals surface area contributed by atoms with E-state index in [0.29, 0.717) is 30.9 Å². The number of benzene rings is 1. The van der Waals surface area contributed by atoms with Crippen molar-refractivity contribution in [2.75, 3.05) is 41.4 Å². The van der Waals surface area contributed by atoms with Crippen LogP contribution in [0.4, 0.5) is 35.3 Å². The van der Waals surface area contributed by atoms with Crippen LogP contribution < -0.4 is 19.9 Å². The Hall–Kier alpha value is -3.61. The second kappa shape index (κ2) is 10.2. The predicted octanol–water partition coefficient (Wildman–Crippen LogP) is 4.57. The maximum atomic E-state index is 13.5. The Bertz CT molecular complexity index is 1400. The summed E-state index contributed by atoms with van der Waals surface area (Å²) in [6.45, 7) is 1.96. The summed E-state index contributed by atoms with van der Waals surface area (Å²) in [5.74, 6) is 0.775. The molecule has 2 amide bonds. The lowest BCUT2D eigenvalue weighted by atomic mass is 10.1. The van der Waals surface area contributed by atoms with Crippen LogP contribution in [0.3, 0.4) is 0 Å². The molecule has 2 bridgehead atoms. The highest BCUT2D eigenvalue weighted by atomic mass is 35.5. The number of amides is 2. The molecule has 2 aliphatic rings. The van der Waals surface area contributed by atoms with Gasteiger partial charge in [-0.25, -0.2) is 14.8 Å². The topological polar surface area (TPSA) is 111 Å². The second-order valence-electron chi connectivity index (χ2n) is 9.75. The largest absolute Gasteiger partial charge is 0.490 e. The van der Waals surface area contributed by atoms with Crippen LogP contribution in [0, 0.1) is 0 Å². The third-order valence-corrected chi connectivity index (χ3v) is 6.86. The minimum absolute atomic E-state index is 0.131. The molecule has 2 atom stereocenters. The Morgan fingerprint density at radius 2 is 2.05 bits per heavy atom. The molecule has 1 fully saturated rings. The highest BCUT2D eigenvalue weighted by Gasteiger charge is 2.41. The highest BCUT2D eigenvalue weighted by molar-refractivity contribution is 6.33. The van der Waals surface area contributed by atoms with Crippen molar-refractivity contribution < 1.29 is 32.9 Å². The number of alkyl halides is 3. The number of aliphatic hydroxyl groups excluding tert-OH is 1. The van der Waals surface area contributed by atoms with Crippen molar-refractivity contribution in [1.82, 2.24) is 9.97 Å². The third-order valence-electron chi connectivity index (χ3n) is 6.57. The molecule has 4 heterocycles. The summed E-state index contributed by atoms with van der Waals surface area (Å²) >= 11 is 6.50. The van der Waals surface area contributed by atoms with E-state index >= 15 is 0 Å². The molecule has 1 unspecified atom stereocenters. The van der Waals surface area contributed by atoms with E-state index in [9.17, 15) is 28.2 Å². The number of carbonyl (C=O) groups excluding carboxylic acids is 1. The number of nitrogens with one attached hydrogen (secondary N) is 1. The Morgan fingerprint density at radius 1 is 1.26 bits per heavy atom.